The van der Waals surface area contributed by atoms with E-state index in [1.165, 1.54) is 5.56 Å². The summed E-state index contributed by atoms with van der Waals surface area (Å²) < 4.78 is 26.8. The van der Waals surface area contributed by atoms with Crippen molar-refractivity contribution < 1.29 is 8.42 Å². The molecule has 0 N–H and O–H groups in total. The van der Waals surface area contributed by atoms with Crippen molar-refractivity contribution in [2.75, 3.05) is 5.75 Å². The van der Waals surface area contributed by atoms with E-state index in [-0.39, 0.29) is 11.0 Å². The van der Waals surface area contributed by atoms with E-state index in [0.717, 1.165) is 14.9 Å². The number of thioether (sulfide) groups is 1. The Morgan fingerprint density at radius 2 is 1.50 bits per heavy atom. The zero-order valence-corrected chi connectivity index (χ0v) is 17.5. The fourth-order valence-electron chi connectivity index (χ4n) is 2.58. The van der Waals surface area contributed by atoms with E-state index in [1.54, 1.807) is 36.0 Å². The van der Waals surface area contributed by atoms with Crippen LogP contribution in [0.2, 0.25) is 0 Å². The maximum atomic E-state index is 12.9. The lowest BCUT2D eigenvalue weighted by Gasteiger charge is -2.18. The molecule has 3 aromatic carbocycles. The molecule has 0 saturated heterocycles. The first kappa shape index (κ1) is 19.2. The largest absolute Gasteiger partial charge is 0.224 e. The van der Waals surface area contributed by atoms with Crippen molar-refractivity contribution in [2.45, 2.75) is 22.0 Å². The minimum atomic E-state index is -3.39. The molecule has 0 aromatic heterocycles. The number of hydrogen-bond donors (Lipinski definition) is 0. The zero-order valence-electron chi connectivity index (χ0n) is 14.3. The van der Waals surface area contributed by atoms with Gasteiger partial charge in [-0.1, -0.05) is 64.0 Å². The summed E-state index contributed by atoms with van der Waals surface area (Å²) in [5.74, 6) is 0.0528. The molecule has 0 aliphatic heterocycles. The Kier molecular flexibility index (Phi) is 6.22. The van der Waals surface area contributed by atoms with Gasteiger partial charge in [-0.2, -0.15) is 0 Å². The number of benzene rings is 3. The third-order valence-corrected chi connectivity index (χ3v) is 7.78. The van der Waals surface area contributed by atoms with Crippen LogP contribution in [0.15, 0.2) is 93.1 Å². The molecule has 2 nitrogen and oxygen atoms in total. The number of rotatable bonds is 6. The molecule has 0 bridgehead atoms. The number of hydrogen-bond acceptors (Lipinski definition) is 3. The Hall–Kier alpha value is -1.56. The summed E-state index contributed by atoms with van der Waals surface area (Å²) in [7, 11) is -3.39. The molecule has 1 atom stereocenters. The molecular weight excluding hydrogens is 428 g/mol. The van der Waals surface area contributed by atoms with Crippen molar-refractivity contribution >= 4 is 37.5 Å². The summed E-state index contributed by atoms with van der Waals surface area (Å²) in [4.78, 5) is 1.42. The van der Waals surface area contributed by atoms with Gasteiger partial charge in [0.25, 0.3) is 0 Å². The fourth-order valence-corrected chi connectivity index (χ4v) is 5.91. The molecule has 0 radical (unpaired) electrons. The van der Waals surface area contributed by atoms with E-state index < -0.39 is 9.84 Å². The van der Waals surface area contributed by atoms with Gasteiger partial charge in [-0.15, -0.1) is 11.8 Å². The van der Waals surface area contributed by atoms with E-state index in [1.807, 2.05) is 61.5 Å². The van der Waals surface area contributed by atoms with Crippen LogP contribution in [0.3, 0.4) is 0 Å². The van der Waals surface area contributed by atoms with Crippen LogP contribution in [0.25, 0.3) is 0 Å². The SMILES string of the molecule is Cc1ccc(SC(CS(=O)(=O)c2ccc(Br)cc2)c2ccccc2)cc1. The molecule has 134 valence electrons. The lowest BCUT2D eigenvalue weighted by atomic mass is 10.2. The van der Waals surface area contributed by atoms with Gasteiger partial charge < -0.3 is 0 Å². The first-order valence-electron chi connectivity index (χ1n) is 8.21. The van der Waals surface area contributed by atoms with Gasteiger partial charge in [0, 0.05) is 14.6 Å². The predicted molar refractivity (Wildman–Crippen MR) is 112 cm³/mol. The van der Waals surface area contributed by atoms with Gasteiger partial charge in [-0.05, 0) is 48.9 Å². The van der Waals surface area contributed by atoms with Crippen LogP contribution in [0.1, 0.15) is 16.4 Å². The molecule has 0 saturated carbocycles. The highest BCUT2D eigenvalue weighted by molar-refractivity contribution is 9.10. The molecule has 26 heavy (non-hydrogen) atoms. The summed E-state index contributed by atoms with van der Waals surface area (Å²) in [5, 5.41) is -0.174. The van der Waals surface area contributed by atoms with E-state index in [2.05, 4.69) is 15.9 Å². The van der Waals surface area contributed by atoms with E-state index in [4.69, 9.17) is 0 Å². The van der Waals surface area contributed by atoms with Crippen molar-refractivity contribution in [1.82, 2.24) is 0 Å². The van der Waals surface area contributed by atoms with Crippen molar-refractivity contribution in [1.29, 1.82) is 0 Å². The Bertz CT molecular complexity index is 951. The van der Waals surface area contributed by atoms with Crippen LogP contribution < -0.4 is 0 Å². The zero-order chi connectivity index (χ0) is 18.6. The third-order valence-electron chi connectivity index (χ3n) is 4.01. The molecule has 0 aliphatic rings. The lowest BCUT2D eigenvalue weighted by molar-refractivity contribution is 0.595. The van der Waals surface area contributed by atoms with Crippen LogP contribution in [-0.2, 0) is 9.84 Å². The molecular formula is C21H19BrO2S2. The standard InChI is InChI=1S/C21H19BrO2S2/c1-16-7-11-19(12-8-16)25-21(17-5-3-2-4-6-17)15-26(23,24)20-13-9-18(22)10-14-20/h2-14,21H,15H2,1H3. The molecule has 0 fully saturated rings. The molecule has 0 spiro atoms. The maximum Gasteiger partial charge on any atom is 0.179 e. The molecule has 0 heterocycles. The maximum absolute atomic E-state index is 12.9. The Balaban J connectivity index is 1.90. The van der Waals surface area contributed by atoms with Crippen LogP contribution in [0.5, 0.6) is 0 Å². The van der Waals surface area contributed by atoms with Gasteiger partial charge in [-0.25, -0.2) is 8.42 Å². The quantitative estimate of drug-likeness (QED) is 0.431. The van der Waals surface area contributed by atoms with E-state index in [9.17, 15) is 8.42 Å². The van der Waals surface area contributed by atoms with Gasteiger partial charge in [0.15, 0.2) is 9.84 Å². The highest BCUT2D eigenvalue weighted by atomic mass is 79.9. The minimum Gasteiger partial charge on any atom is -0.224 e. The number of aryl methyl sites for hydroxylation is 1. The summed E-state index contributed by atoms with van der Waals surface area (Å²) in [5.41, 5.74) is 2.20. The minimum absolute atomic E-state index is 0.0528. The van der Waals surface area contributed by atoms with E-state index in [0.29, 0.717) is 4.90 Å². The second kappa shape index (κ2) is 8.42. The molecule has 3 rings (SSSR count). The molecule has 0 aliphatic carbocycles. The highest BCUT2D eigenvalue weighted by Crippen LogP contribution is 2.37. The average molecular weight is 447 g/mol. The van der Waals surface area contributed by atoms with Gasteiger partial charge in [-0.3, -0.25) is 0 Å². The molecule has 5 heteroatoms. The van der Waals surface area contributed by atoms with Crippen molar-refractivity contribution in [2.24, 2.45) is 0 Å². The smallest absolute Gasteiger partial charge is 0.179 e. The van der Waals surface area contributed by atoms with Gasteiger partial charge in [0.05, 0.1) is 10.6 Å². The Labute approximate surface area is 167 Å². The second-order valence-electron chi connectivity index (χ2n) is 6.07. The molecule has 3 aromatic rings. The second-order valence-corrected chi connectivity index (χ2v) is 10.3. The van der Waals surface area contributed by atoms with Crippen molar-refractivity contribution in [3.05, 3.63) is 94.5 Å². The first-order chi connectivity index (χ1) is 12.4. The summed E-state index contributed by atoms with van der Waals surface area (Å²) in [6.45, 7) is 2.04. The number of sulfone groups is 1. The fraction of sp³-hybridized carbons (Fsp3) is 0.143. The van der Waals surface area contributed by atoms with Crippen LogP contribution in [-0.4, -0.2) is 14.2 Å². The monoisotopic (exact) mass is 446 g/mol. The Morgan fingerprint density at radius 3 is 2.12 bits per heavy atom. The Morgan fingerprint density at radius 1 is 0.885 bits per heavy atom. The van der Waals surface area contributed by atoms with E-state index >= 15 is 0 Å². The van der Waals surface area contributed by atoms with Crippen LogP contribution >= 0.6 is 27.7 Å². The normalized spacial score (nSPS) is 12.7. The highest BCUT2D eigenvalue weighted by Gasteiger charge is 2.23. The summed E-state index contributed by atoms with van der Waals surface area (Å²) in [6.07, 6.45) is 0. The average Bonchev–Trinajstić information content (AvgIpc) is 2.64. The number of halogens is 1. The molecule has 1 unspecified atom stereocenters. The molecule has 0 amide bonds. The summed E-state index contributed by atoms with van der Waals surface area (Å²) in [6, 6.07) is 24.8. The van der Waals surface area contributed by atoms with Gasteiger partial charge in [0.1, 0.15) is 0 Å². The van der Waals surface area contributed by atoms with Crippen LogP contribution in [0, 0.1) is 6.92 Å². The lowest BCUT2D eigenvalue weighted by Crippen LogP contribution is -2.13. The first-order valence-corrected chi connectivity index (χ1v) is 11.5. The predicted octanol–water partition coefficient (Wildman–Crippen LogP) is 6.06. The van der Waals surface area contributed by atoms with Crippen LogP contribution in [0.4, 0.5) is 0 Å². The van der Waals surface area contributed by atoms with Crippen molar-refractivity contribution in [3.8, 4) is 0 Å². The third kappa shape index (κ3) is 5.00. The van der Waals surface area contributed by atoms with Gasteiger partial charge >= 0.3 is 0 Å². The van der Waals surface area contributed by atoms with Crippen molar-refractivity contribution in [3.63, 3.8) is 0 Å². The van der Waals surface area contributed by atoms with Gasteiger partial charge in [0.2, 0.25) is 0 Å². The summed E-state index contributed by atoms with van der Waals surface area (Å²) >= 11 is 4.94. The topological polar surface area (TPSA) is 34.1 Å².